The third-order valence-electron chi connectivity index (χ3n) is 3.98. The van der Waals surface area contributed by atoms with Crippen LogP contribution in [0.25, 0.3) is 11.1 Å². The summed E-state index contributed by atoms with van der Waals surface area (Å²) in [7, 11) is 0. The van der Waals surface area contributed by atoms with Gasteiger partial charge in [0.2, 0.25) is 0 Å². The van der Waals surface area contributed by atoms with E-state index in [1.54, 1.807) is 36.4 Å². The molecule has 1 N–H and O–H groups in total. The first-order chi connectivity index (χ1) is 12.7. The Balaban J connectivity index is 0.000000269. The Bertz CT molecular complexity index is 1000. The summed E-state index contributed by atoms with van der Waals surface area (Å²) in [6.07, 6.45) is 5.37. The number of carbonyl (C=O) groups is 1. The molecule has 0 bridgehead atoms. The van der Waals surface area contributed by atoms with E-state index in [0.29, 0.717) is 23.2 Å². The topological polar surface area (TPSA) is 52.9 Å². The first-order valence-corrected chi connectivity index (χ1v) is 8.14. The minimum Gasteiger partial charge on any atom is -0.348 e. The van der Waals surface area contributed by atoms with Gasteiger partial charge in [-0.15, -0.1) is 6.42 Å². The highest BCUT2D eigenvalue weighted by Crippen LogP contribution is 2.32. The largest absolute Gasteiger partial charge is 0.348 e. The van der Waals surface area contributed by atoms with Gasteiger partial charge in [-0.25, -0.2) is 0 Å². The van der Waals surface area contributed by atoms with Crippen LogP contribution in [0.1, 0.15) is 27.0 Å². The lowest BCUT2D eigenvalue weighted by molar-refractivity contribution is 0.0950. The zero-order chi connectivity index (χ0) is 18.4. The molecular formula is C23H16N2O. The molecule has 0 radical (unpaired) electrons. The Morgan fingerprint density at radius 1 is 0.962 bits per heavy atom. The third kappa shape index (κ3) is 4.17. The van der Waals surface area contributed by atoms with Gasteiger partial charge in [0.25, 0.3) is 5.91 Å². The number of rotatable bonds is 3. The molecule has 0 aliphatic heterocycles. The van der Waals surface area contributed by atoms with E-state index in [1.807, 2.05) is 12.1 Å². The monoisotopic (exact) mass is 336 g/mol. The van der Waals surface area contributed by atoms with Crippen LogP contribution in [0, 0.1) is 23.7 Å². The van der Waals surface area contributed by atoms with Crippen LogP contribution in [0.4, 0.5) is 0 Å². The van der Waals surface area contributed by atoms with Gasteiger partial charge in [-0.05, 0) is 47.0 Å². The molecule has 0 heterocycles. The second-order valence-corrected chi connectivity index (χ2v) is 5.76. The lowest BCUT2D eigenvalue weighted by atomic mass is 10.1. The zero-order valence-corrected chi connectivity index (χ0v) is 14.1. The van der Waals surface area contributed by atoms with E-state index in [0.717, 1.165) is 5.56 Å². The van der Waals surface area contributed by atoms with Gasteiger partial charge in [0.15, 0.2) is 0 Å². The summed E-state index contributed by atoms with van der Waals surface area (Å²) >= 11 is 0. The average Bonchev–Trinajstić information content (AvgIpc) is 3.31. The molecule has 0 saturated heterocycles. The molecule has 2 aliphatic carbocycles. The lowest BCUT2D eigenvalue weighted by Gasteiger charge is -2.07. The SMILES string of the molecule is C#Cc1ccccc1C(=O)NCc1ccc(C#N)cc1.c1cc2cc-2c1. The predicted octanol–water partition coefficient (Wildman–Crippen LogP) is 4.14. The van der Waals surface area contributed by atoms with Crippen molar-refractivity contribution in [1.29, 1.82) is 5.26 Å². The number of hydrogen-bond donors (Lipinski definition) is 1. The number of benzene rings is 3. The van der Waals surface area contributed by atoms with Crippen LogP contribution < -0.4 is 5.32 Å². The van der Waals surface area contributed by atoms with E-state index < -0.39 is 0 Å². The van der Waals surface area contributed by atoms with Gasteiger partial charge in [-0.1, -0.05) is 48.4 Å². The fraction of sp³-hybridized carbons (Fsp3) is 0.0435. The number of fused-ring (bicyclic) bond motifs is 1. The molecule has 0 fully saturated rings. The van der Waals surface area contributed by atoms with Crippen LogP contribution in [0.15, 0.2) is 72.8 Å². The fourth-order valence-corrected chi connectivity index (χ4v) is 2.46. The van der Waals surface area contributed by atoms with Crippen LogP contribution in [0.3, 0.4) is 0 Å². The molecule has 1 amide bonds. The van der Waals surface area contributed by atoms with Crippen molar-refractivity contribution in [3.05, 3.63) is 95.1 Å². The molecule has 4 rings (SSSR count). The molecule has 0 aromatic heterocycles. The second kappa shape index (κ2) is 7.83. The van der Waals surface area contributed by atoms with Crippen molar-refractivity contribution in [3.63, 3.8) is 0 Å². The van der Waals surface area contributed by atoms with Gasteiger partial charge in [0.05, 0.1) is 17.2 Å². The molecule has 2 aromatic carbocycles. The normalized spacial score (nSPS) is 9.77. The Labute approximate surface area is 152 Å². The molecule has 3 nitrogen and oxygen atoms in total. The summed E-state index contributed by atoms with van der Waals surface area (Å²) in [4.78, 5) is 12.1. The third-order valence-corrected chi connectivity index (χ3v) is 3.98. The number of nitrogens with zero attached hydrogens (tertiary/aromatic N) is 1. The van der Waals surface area contributed by atoms with Crippen molar-refractivity contribution in [3.8, 4) is 29.5 Å². The minimum absolute atomic E-state index is 0.206. The Morgan fingerprint density at radius 3 is 2.19 bits per heavy atom. The maximum atomic E-state index is 12.1. The molecule has 2 aromatic rings. The van der Waals surface area contributed by atoms with E-state index in [2.05, 4.69) is 41.6 Å². The maximum Gasteiger partial charge on any atom is 0.252 e. The first-order valence-electron chi connectivity index (χ1n) is 8.14. The number of nitrogens with one attached hydrogen (secondary N) is 1. The van der Waals surface area contributed by atoms with Crippen LogP contribution >= 0.6 is 0 Å². The van der Waals surface area contributed by atoms with Gasteiger partial charge < -0.3 is 5.32 Å². The average molecular weight is 336 g/mol. The number of hydrogen-bond acceptors (Lipinski definition) is 2. The van der Waals surface area contributed by atoms with Crippen molar-refractivity contribution < 1.29 is 4.79 Å². The van der Waals surface area contributed by atoms with Crippen LogP contribution in [0.2, 0.25) is 0 Å². The second-order valence-electron chi connectivity index (χ2n) is 5.76. The number of carbonyl (C=O) groups excluding carboxylic acids is 1. The highest BCUT2D eigenvalue weighted by atomic mass is 16.1. The highest BCUT2D eigenvalue weighted by Gasteiger charge is 2.09. The summed E-state index contributed by atoms with van der Waals surface area (Å²) < 4.78 is 0. The molecule has 0 atom stereocenters. The molecule has 0 unspecified atom stereocenters. The highest BCUT2D eigenvalue weighted by molar-refractivity contribution is 5.96. The summed E-state index contributed by atoms with van der Waals surface area (Å²) in [5.74, 6) is 2.29. The van der Waals surface area contributed by atoms with E-state index in [4.69, 9.17) is 11.7 Å². The van der Waals surface area contributed by atoms with Gasteiger partial charge in [-0.2, -0.15) is 5.26 Å². The van der Waals surface area contributed by atoms with Crippen molar-refractivity contribution in [2.24, 2.45) is 0 Å². The van der Waals surface area contributed by atoms with Crippen molar-refractivity contribution in [2.75, 3.05) is 0 Å². The van der Waals surface area contributed by atoms with Gasteiger partial charge >= 0.3 is 0 Å². The van der Waals surface area contributed by atoms with E-state index in [9.17, 15) is 4.79 Å². The molecule has 0 spiro atoms. The summed E-state index contributed by atoms with van der Waals surface area (Å²) in [6, 6.07) is 24.6. The summed E-state index contributed by atoms with van der Waals surface area (Å²) in [5, 5.41) is 11.5. The molecule has 26 heavy (non-hydrogen) atoms. The fourth-order valence-electron chi connectivity index (χ4n) is 2.46. The molecular weight excluding hydrogens is 320 g/mol. The number of terminal acetylenes is 1. The minimum atomic E-state index is -0.206. The number of amides is 1. The molecule has 3 heteroatoms. The standard InChI is InChI=1S/C17H12N2O.C6H4/c1-2-15-5-3-4-6-16(15)17(20)19-12-14-9-7-13(11-18)8-10-14;1-2-5-4-6(5)3-1/h1,3-10H,12H2,(H,19,20);1-4H. The molecule has 124 valence electrons. The molecule has 2 aliphatic rings. The van der Waals surface area contributed by atoms with Crippen molar-refractivity contribution >= 4 is 5.91 Å². The lowest BCUT2D eigenvalue weighted by Crippen LogP contribution is -2.23. The zero-order valence-electron chi connectivity index (χ0n) is 14.1. The van der Waals surface area contributed by atoms with Crippen molar-refractivity contribution in [2.45, 2.75) is 6.54 Å². The number of nitriles is 1. The van der Waals surface area contributed by atoms with Crippen LogP contribution in [0.5, 0.6) is 0 Å². The summed E-state index contributed by atoms with van der Waals surface area (Å²) in [5.41, 5.74) is 5.44. The smallest absolute Gasteiger partial charge is 0.252 e. The van der Waals surface area contributed by atoms with Gasteiger partial charge in [-0.3, -0.25) is 4.79 Å². The quantitative estimate of drug-likeness (QED) is 0.572. The first kappa shape index (κ1) is 17.0. The van der Waals surface area contributed by atoms with Crippen LogP contribution in [-0.4, -0.2) is 5.91 Å². The maximum absolute atomic E-state index is 12.1. The van der Waals surface area contributed by atoms with Gasteiger partial charge in [0, 0.05) is 12.1 Å². The van der Waals surface area contributed by atoms with Crippen molar-refractivity contribution in [1.82, 2.24) is 5.32 Å². The van der Waals surface area contributed by atoms with Gasteiger partial charge in [0.1, 0.15) is 0 Å². The van der Waals surface area contributed by atoms with E-state index in [1.165, 1.54) is 11.1 Å². The summed E-state index contributed by atoms with van der Waals surface area (Å²) in [6.45, 7) is 0.392. The van der Waals surface area contributed by atoms with E-state index >= 15 is 0 Å². The Hall–Kier alpha value is -3.82. The Kier molecular flexibility index (Phi) is 5.13. The predicted molar refractivity (Wildman–Crippen MR) is 102 cm³/mol. The Morgan fingerprint density at radius 2 is 1.65 bits per heavy atom. The van der Waals surface area contributed by atoms with Crippen LogP contribution in [-0.2, 0) is 6.54 Å². The van der Waals surface area contributed by atoms with E-state index in [-0.39, 0.29) is 5.91 Å². The molecule has 0 saturated carbocycles.